The summed E-state index contributed by atoms with van der Waals surface area (Å²) >= 11 is 0. The van der Waals surface area contributed by atoms with Crippen molar-refractivity contribution in [3.05, 3.63) is 23.7 Å². The second-order valence-electron chi connectivity index (χ2n) is 9.48. The largest absolute Gasteiger partial charge is 0.354 e. The Morgan fingerprint density at radius 3 is 2.61 bits per heavy atom. The van der Waals surface area contributed by atoms with Gasteiger partial charge in [-0.25, -0.2) is 9.97 Å². The number of carbonyl (C=O) groups excluding carboxylic acids is 3. The first-order valence-electron chi connectivity index (χ1n) is 11.9. The van der Waals surface area contributed by atoms with Crippen LogP contribution in [0, 0.1) is 5.92 Å². The quantitative estimate of drug-likeness (QED) is 0.539. The predicted octanol–water partition coefficient (Wildman–Crippen LogP) is 0.624. The molecule has 3 aliphatic rings. The van der Waals surface area contributed by atoms with E-state index in [0.717, 1.165) is 57.6 Å². The van der Waals surface area contributed by atoms with Crippen LogP contribution >= 0.6 is 0 Å². The van der Waals surface area contributed by atoms with Gasteiger partial charge in [-0.2, -0.15) is 0 Å². The standard InChI is InChI=1S/C23H31N7O3/c1-29-8-10-30(11-9-29)18(31)6-7-24-23(33)19(15-4-5-15)28-22(32)16-12-25-21-20(16)27-17(13-26-21)14-2-3-14/h12-15,19H,2-11H2,1H3,(H,24,33)(H,25,26)(H,28,32)/t19-/m1/s1. The number of amides is 3. The number of aromatic amines is 1. The van der Waals surface area contributed by atoms with E-state index in [1.165, 1.54) is 0 Å². The van der Waals surface area contributed by atoms with E-state index in [4.69, 9.17) is 0 Å². The van der Waals surface area contributed by atoms with E-state index in [2.05, 4.69) is 30.5 Å². The number of nitrogens with one attached hydrogen (secondary N) is 3. The number of aromatic nitrogens is 3. The van der Waals surface area contributed by atoms with E-state index >= 15 is 0 Å². The summed E-state index contributed by atoms with van der Waals surface area (Å²) in [5, 5.41) is 5.76. The van der Waals surface area contributed by atoms with Gasteiger partial charge >= 0.3 is 0 Å². The van der Waals surface area contributed by atoms with E-state index in [9.17, 15) is 14.4 Å². The van der Waals surface area contributed by atoms with Gasteiger partial charge in [0, 0.05) is 51.3 Å². The van der Waals surface area contributed by atoms with Crippen molar-refractivity contribution >= 4 is 28.9 Å². The van der Waals surface area contributed by atoms with Crippen molar-refractivity contribution in [1.29, 1.82) is 0 Å². The average molecular weight is 454 g/mol. The number of nitrogens with zero attached hydrogens (tertiary/aromatic N) is 4. The Kier molecular flexibility index (Phi) is 6.01. The van der Waals surface area contributed by atoms with Crippen molar-refractivity contribution in [3.63, 3.8) is 0 Å². The van der Waals surface area contributed by atoms with Gasteiger partial charge in [0.05, 0.1) is 17.5 Å². The number of fused-ring (bicyclic) bond motifs is 1. The number of carbonyl (C=O) groups is 3. The van der Waals surface area contributed by atoms with Crippen molar-refractivity contribution in [2.75, 3.05) is 39.8 Å². The summed E-state index contributed by atoms with van der Waals surface area (Å²) in [6.45, 7) is 3.45. The molecule has 1 aliphatic heterocycles. The number of H-pyrrole nitrogens is 1. The molecule has 3 amide bonds. The third kappa shape index (κ3) is 5.00. The highest BCUT2D eigenvalue weighted by Crippen LogP contribution is 2.39. The summed E-state index contributed by atoms with van der Waals surface area (Å²) in [6.07, 6.45) is 7.65. The second-order valence-corrected chi connectivity index (χ2v) is 9.48. The van der Waals surface area contributed by atoms with Gasteiger partial charge in [-0.1, -0.05) is 0 Å². The summed E-state index contributed by atoms with van der Waals surface area (Å²) in [4.78, 5) is 54.4. The van der Waals surface area contributed by atoms with Crippen LogP contribution in [0.15, 0.2) is 12.4 Å². The molecule has 2 saturated carbocycles. The number of hydrogen-bond acceptors (Lipinski definition) is 6. The molecule has 2 aliphatic carbocycles. The second kappa shape index (κ2) is 9.09. The molecule has 2 aromatic heterocycles. The molecule has 1 saturated heterocycles. The molecule has 1 atom stereocenters. The van der Waals surface area contributed by atoms with E-state index < -0.39 is 6.04 Å². The highest BCUT2D eigenvalue weighted by Gasteiger charge is 2.38. The van der Waals surface area contributed by atoms with Crippen LogP contribution < -0.4 is 10.6 Å². The Morgan fingerprint density at radius 1 is 1.15 bits per heavy atom. The molecule has 10 heteroatoms. The summed E-state index contributed by atoms with van der Waals surface area (Å²) in [7, 11) is 2.04. The van der Waals surface area contributed by atoms with Crippen molar-refractivity contribution in [2.24, 2.45) is 5.92 Å². The van der Waals surface area contributed by atoms with Gasteiger partial charge in [0.2, 0.25) is 11.8 Å². The van der Waals surface area contributed by atoms with E-state index in [-0.39, 0.29) is 36.6 Å². The SMILES string of the molecule is CN1CCN(C(=O)CCNC(=O)[C@H](NC(=O)c2c[nH]c3ncc(C4CC4)nc23)C2CC2)CC1. The highest BCUT2D eigenvalue weighted by atomic mass is 16.2. The maximum Gasteiger partial charge on any atom is 0.255 e. The number of rotatable bonds is 8. The van der Waals surface area contributed by atoms with E-state index in [0.29, 0.717) is 22.6 Å². The molecule has 3 fully saturated rings. The maximum atomic E-state index is 13.0. The molecule has 5 rings (SSSR count). The first-order chi connectivity index (χ1) is 16.0. The maximum absolute atomic E-state index is 13.0. The van der Waals surface area contributed by atoms with Crippen LogP contribution in [0.4, 0.5) is 0 Å². The fourth-order valence-electron chi connectivity index (χ4n) is 4.32. The zero-order valence-corrected chi connectivity index (χ0v) is 19.0. The normalized spacial score (nSPS) is 20.0. The lowest BCUT2D eigenvalue weighted by atomic mass is 10.1. The third-order valence-corrected chi connectivity index (χ3v) is 6.80. The lowest BCUT2D eigenvalue weighted by Crippen LogP contribution is -2.50. The Labute approximate surface area is 192 Å². The lowest BCUT2D eigenvalue weighted by Gasteiger charge is -2.32. The number of piperazine rings is 1. The van der Waals surface area contributed by atoms with E-state index in [1.807, 2.05) is 11.9 Å². The summed E-state index contributed by atoms with van der Waals surface area (Å²) in [5.74, 6) is 0.0526. The van der Waals surface area contributed by atoms with Crippen molar-refractivity contribution in [1.82, 2.24) is 35.4 Å². The van der Waals surface area contributed by atoms with Crippen LogP contribution in [-0.2, 0) is 9.59 Å². The van der Waals surface area contributed by atoms with Crippen LogP contribution in [-0.4, -0.2) is 88.3 Å². The molecule has 2 aromatic rings. The summed E-state index contributed by atoms with van der Waals surface area (Å²) in [6, 6.07) is -0.610. The van der Waals surface area contributed by atoms with Gasteiger partial charge in [0.15, 0.2) is 5.65 Å². The molecule has 3 heterocycles. The van der Waals surface area contributed by atoms with Gasteiger partial charge in [-0.3, -0.25) is 14.4 Å². The Bertz CT molecular complexity index is 1050. The van der Waals surface area contributed by atoms with Gasteiger partial charge in [-0.15, -0.1) is 0 Å². The van der Waals surface area contributed by atoms with Crippen LogP contribution in [0.25, 0.3) is 11.2 Å². The molecule has 0 radical (unpaired) electrons. The molecule has 0 aromatic carbocycles. The fraction of sp³-hybridized carbons (Fsp3) is 0.609. The summed E-state index contributed by atoms with van der Waals surface area (Å²) in [5.41, 5.74) is 2.44. The van der Waals surface area contributed by atoms with Crippen LogP contribution in [0.5, 0.6) is 0 Å². The molecular formula is C23H31N7O3. The molecule has 3 N–H and O–H groups in total. The van der Waals surface area contributed by atoms with Gasteiger partial charge in [-0.05, 0) is 38.6 Å². The van der Waals surface area contributed by atoms with Gasteiger partial charge in [0.1, 0.15) is 11.6 Å². The Morgan fingerprint density at radius 2 is 1.91 bits per heavy atom. The van der Waals surface area contributed by atoms with Crippen LogP contribution in [0.2, 0.25) is 0 Å². The summed E-state index contributed by atoms with van der Waals surface area (Å²) < 4.78 is 0. The minimum atomic E-state index is -0.610. The molecule has 0 bridgehead atoms. The minimum absolute atomic E-state index is 0.0549. The monoisotopic (exact) mass is 453 g/mol. The number of likely N-dealkylation sites (N-methyl/N-ethyl adjacent to an activating group) is 1. The Balaban J connectivity index is 1.17. The van der Waals surface area contributed by atoms with Gasteiger partial charge < -0.3 is 25.4 Å². The first kappa shape index (κ1) is 21.8. The van der Waals surface area contributed by atoms with Crippen LogP contribution in [0.3, 0.4) is 0 Å². The molecule has 10 nitrogen and oxygen atoms in total. The predicted molar refractivity (Wildman–Crippen MR) is 122 cm³/mol. The fourth-order valence-corrected chi connectivity index (χ4v) is 4.32. The molecular weight excluding hydrogens is 422 g/mol. The minimum Gasteiger partial charge on any atom is -0.354 e. The average Bonchev–Trinajstić information content (AvgIpc) is 3.74. The molecule has 0 spiro atoms. The highest BCUT2D eigenvalue weighted by molar-refractivity contribution is 6.06. The van der Waals surface area contributed by atoms with Crippen molar-refractivity contribution in [2.45, 2.75) is 44.1 Å². The smallest absolute Gasteiger partial charge is 0.255 e. The third-order valence-electron chi connectivity index (χ3n) is 6.80. The topological polar surface area (TPSA) is 123 Å². The molecule has 176 valence electrons. The zero-order chi connectivity index (χ0) is 22.9. The Hall–Kier alpha value is -3.01. The van der Waals surface area contributed by atoms with Crippen molar-refractivity contribution in [3.8, 4) is 0 Å². The molecule has 33 heavy (non-hydrogen) atoms. The van der Waals surface area contributed by atoms with Gasteiger partial charge in [0.25, 0.3) is 5.91 Å². The number of hydrogen-bond donors (Lipinski definition) is 3. The first-order valence-corrected chi connectivity index (χ1v) is 11.9. The zero-order valence-electron chi connectivity index (χ0n) is 19.0. The molecule has 0 unspecified atom stereocenters. The van der Waals surface area contributed by atoms with Crippen LogP contribution in [0.1, 0.15) is 54.1 Å². The van der Waals surface area contributed by atoms with E-state index in [1.54, 1.807) is 12.4 Å². The van der Waals surface area contributed by atoms with Crippen molar-refractivity contribution < 1.29 is 14.4 Å². The lowest BCUT2D eigenvalue weighted by molar-refractivity contribution is -0.132.